The number of carbonyl (C=O) groups is 2. The number of aromatic nitrogens is 3. The molecule has 1 fully saturated rings. The molecule has 3 aromatic rings. The molecule has 1 aliphatic rings. The molecule has 1 saturated heterocycles. The summed E-state index contributed by atoms with van der Waals surface area (Å²) in [6.07, 6.45) is 3.76. The van der Waals surface area contributed by atoms with Crippen LogP contribution in [0.4, 0.5) is 10.6 Å². The molecule has 4 rings (SSSR count). The summed E-state index contributed by atoms with van der Waals surface area (Å²) in [5.74, 6) is 0.402. The highest BCUT2D eigenvalue weighted by Crippen LogP contribution is 2.23. The fraction of sp³-hybridized carbons (Fsp3) is 0.333. The summed E-state index contributed by atoms with van der Waals surface area (Å²) in [6, 6.07) is 10.5. The number of nitrogens with one attached hydrogen (secondary N) is 2. The molecule has 0 bridgehead atoms. The van der Waals surface area contributed by atoms with Crippen LogP contribution < -0.4 is 10.2 Å². The first kappa shape index (κ1) is 19.7. The van der Waals surface area contributed by atoms with E-state index >= 15 is 0 Å². The predicted molar refractivity (Wildman–Crippen MR) is 112 cm³/mol. The molecule has 0 aliphatic carbocycles. The zero-order chi connectivity index (χ0) is 20.9. The van der Waals surface area contributed by atoms with Crippen LogP contribution in [0, 0.1) is 0 Å². The number of piperazine rings is 1. The van der Waals surface area contributed by atoms with Crippen molar-refractivity contribution >= 4 is 28.9 Å². The Kier molecular flexibility index (Phi) is 5.78. The van der Waals surface area contributed by atoms with Gasteiger partial charge in [-0.05, 0) is 11.6 Å². The van der Waals surface area contributed by atoms with E-state index in [9.17, 15) is 9.59 Å². The summed E-state index contributed by atoms with van der Waals surface area (Å²) in [6.45, 7) is 2.35. The normalized spacial score (nSPS) is 15.1. The fourth-order valence-electron chi connectivity index (χ4n) is 3.66. The lowest BCUT2D eigenvalue weighted by Crippen LogP contribution is -2.55. The number of fused-ring (bicyclic) bond motifs is 1. The molecule has 0 radical (unpaired) electrons. The number of aromatic amines is 1. The van der Waals surface area contributed by atoms with Gasteiger partial charge in [0.05, 0.1) is 12.5 Å². The average Bonchev–Trinajstić information content (AvgIpc) is 3.28. The zero-order valence-corrected chi connectivity index (χ0v) is 16.7. The average molecular weight is 408 g/mol. The number of urea groups is 1. The molecule has 0 saturated carbocycles. The van der Waals surface area contributed by atoms with Gasteiger partial charge in [0, 0.05) is 38.8 Å². The van der Waals surface area contributed by atoms with Crippen LogP contribution in [0.1, 0.15) is 5.56 Å². The molecule has 156 valence electrons. The van der Waals surface area contributed by atoms with E-state index in [0.717, 1.165) is 22.4 Å². The van der Waals surface area contributed by atoms with Crippen molar-refractivity contribution in [3.63, 3.8) is 0 Å². The minimum atomic E-state index is -0.732. The number of ether oxygens (including phenoxy) is 1. The number of methoxy groups -OCH3 is 1. The summed E-state index contributed by atoms with van der Waals surface area (Å²) in [5, 5.41) is 3.79. The van der Waals surface area contributed by atoms with Crippen LogP contribution in [0.5, 0.6) is 0 Å². The molecule has 9 nitrogen and oxygen atoms in total. The Morgan fingerprint density at radius 3 is 2.63 bits per heavy atom. The first-order valence-corrected chi connectivity index (χ1v) is 9.86. The number of hydrogen-bond acceptors (Lipinski definition) is 6. The quantitative estimate of drug-likeness (QED) is 0.621. The molecule has 0 unspecified atom stereocenters. The lowest BCUT2D eigenvalue weighted by Gasteiger charge is -2.36. The second kappa shape index (κ2) is 8.81. The van der Waals surface area contributed by atoms with E-state index in [1.54, 1.807) is 4.90 Å². The predicted octanol–water partition coefficient (Wildman–Crippen LogP) is 1.57. The molecular weight excluding hydrogens is 384 g/mol. The van der Waals surface area contributed by atoms with E-state index in [0.29, 0.717) is 32.6 Å². The van der Waals surface area contributed by atoms with Crippen LogP contribution >= 0.6 is 0 Å². The Morgan fingerprint density at radius 1 is 1.13 bits per heavy atom. The van der Waals surface area contributed by atoms with Crippen molar-refractivity contribution in [2.24, 2.45) is 0 Å². The number of esters is 1. The maximum Gasteiger partial charge on any atom is 0.328 e. The summed E-state index contributed by atoms with van der Waals surface area (Å²) in [7, 11) is 1.33. The van der Waals surface area contributed by atoms with Gasteiger partial charge in [0.2, 0.25) is 0 Å². The third-order valence-electron chi connectivity index (χ3n) is 5.27. The number of benzene rings is 1. The molecule has 1 atom stereocenters. The lowest BCUT2D eigenvalue weighted by molar-refractivity contribution is -0.142. The minimum Gasteiger partial charge on any atom is -0.467 e. The van der Waals surface area contributed by atoms with Gasteiger partial charge >= 0.3 is 12.0 Å². The van der Waals surface area contributed by atoms with Crippen molar-refractivity contribution in [3.8, 4) is 0 Å². The Morgan fingerprint density at radius 2 is 1.90 bits per heavy atom. The number of nitrogens with zero attached hydrogens (tertiary/aromatic N) is 4. The van der Waals surface area contributed by atoms with E-state index in [2.05, 4.69) is 25.2 Å². The van der Waals surface area contributed by atoms with Gasteiger partial charge in [0.1, 0.15) is 23.8 Å². The molecule has 2 N–H and O–H groups in total. The van der Waals surface area contributed by atoms with E-state index in [-0.39, 0.29) is 6.03 Å². The van der Waals surface area contributed by atoms with Crippen LogP contribution in [-0.4, -0.2) is 71.2 Å². The number of anilines is 1. The third-order valence-corrected chi connectivity index (χ3v) is 5.27. The summed E-state index contributed by atoms with van der Waals surface area (Å²) >= 11 is 0. The molecule has 3 heterocycles. The van der Waals surface area contributed by atoms with Crippen LogP contribution in [-0.2, 0) is 16.0 Å². The summed E-state index contributed by atoms with van der Waals surface area (Å²) in [4.78, 5) is 40.6. The summed E-state index contributed by atoms with van der Waals surface area (Å²) < 4.78 is 4.88. The monoisotopic (exact) mass is 408 g/mol. The Labute approximate surface area is 174 Å². The van der Waals surface area contributed by atoms with Crippen molar-refractivity contribution < 1.29 is 14.3 Å². The molecule has 30 heavy (non-hydrogen) atoms. The highest BCUT2D eigenvalue weighted by atomic mass is 16.5. The first-order valence-electron chi connectivity index (χ1n) is 9.86. The lowest BCUT2D eigenvalue weighted by atomic mass is 10.1. The Balaban J connectivity index is 1.38. The third kappa shape index (κ3) is 4.19. The van der Waals surface area contributed by atoms with E-state index in [4.69, 9.17) is 4.74 Å². The van der Waals surface area contributed by atoms with Gasteiger partial charge in [-0.2, -0.15) is 0 Å². The summed E-state index contributed by atoms with van der Waals surface area (Å²) in [5.41, 5.74) is 1.75. The smallest absolute Gasteiger partial charge is 0.328 e. The minimum absolute atomic E-state index is 0.268. The topological polar surface area (TPSA) is 103 Å². The number of carbonyl (C=O) groups excluding carboxylic acids is 2. The van der Waals surface area contributed by atoms with Gasteiger partial charge in [0.25, 0.3) is 0 Å². The molecule has 1 aromatic carbocycles. The van der Waals surface area contributed by atoms with Gasteiger partial charge in [0.15, 0.2) is 0 Å². The van der Waals surface area contributed by atoms with E-state index in [1.807, 2.05) is 42.6 Å². The van der Waals surface area contributed by atoms with Crippen molar-refractivity contribution in [1.82, 2.24) is 25.2 Å². The second-order valence-corrected chi connectivity index (χ2v) is 7.13. The van der Waals surface area contributed by atoms with Crippen LogP contribution in [0.15, 0.2) is 48.9 Å². The van der Waals surface area contributed by atoms with Crippen molar-refractivity contribution in [3.05, 3.63) is 54.5 Å². The van der Waals surface area contributed by atoms with Crippen molar-refractivity contribution in [1.29, 1.82) is 0 Å². The van der Waals surface area contributed by atoms with Crippen molar-refractivity contribution in [2.45, 2.75) is 12.5 Å². The van der Waals surface area contributed by atoms with Gasteiger partial charge in [-0.15, -0.1) is 0 Å². The largest absolute Gasteiger partial charge is 0.467 e. The molecule has 2 aromatic heterocycles. The van der Waals surface area contributed by atoms with Gasteiger partial charge < -0.3 is 24.8 Å². The molecular formula is C21H24N6O3. The van der Waals surface area contributed by atoms with Gasteiger partial charge in [-0.25, -0.2) is 19.6 Å². The van der Waals surface area contributed by atoms with Gasteiger partial charge in [-0.1, -0.05) is 30.3 Å². The van der Waals surface area contributed by atoms with Crippen LogP contribution in [0.25, 0.3) is 11.0 Å². The van der Waals surface area contributed by atoms with E-state index in [1.165, 1.54) is 13.4 Å². The number of rotatable bonds is 5. The number of hydrogen-bond donors (Lipinski definition) is 2. The van der Waals surface area contributed by atoms with Gasteiger partial charge in [-0.3, -0.25) is 0 Å². The molecule has 1 aliphatic heterocycles. The Hall–Kier alpha value is -3.62. The first-order chi connectivity index (χ1) is 14.7. The van der Waals surface area contributed by atoms with Crippen LogP contribution in [0.3, 0.4) is 0 Å². The SMILES string of the molecule is COC(=O)[C@@H](Cc1ccccc1)NC(=O)N1CCN(c2ncnc3[nH]ccc23)CC1. The standard InChI is InChI=1S/C21H24N6O3/c1-30-20(28)17(13-15-5-3-2-4-6-15)25-21(29)27-11-9-26(10-12-27)19-16-7-8-22-18(16)23-14-24-19/h2-8,14,17H,9-13H2,1H3,(H,25,29)(H,22,23,24)/t17-/m1/s1. The number of H-pyrrole nitrogens is 1. The molecule has 0 spiro atoms. The van der Waals surface area contributed by atoms with E-state index < -0.39 is 12.0 Å². The second-order valence-electron chi connectivity index (χ2n) is 7.13. The molecule has 2 amide bonds. The maximum absolute atomic E-state index is 12.8. The maximum atomic E-state index is 12.8. The number of amides is 2. The fourth-order valence-corrected chi connectivity index (χ4v) is 3.66. The zero-order valence-electron chi connectivity index (χ0n) is 16.7. The molecule has 9 heteroatoms. The van der Waals surface area contributed by atoms with Crippen LogP contribution in [0.2, 0.25) is 0 Å². The highest BCUT2D eigenvalue weighted by Gasteiger charge is 2.27. The Bertz CT molecular complexity index is 1010. The van der Waals surface area contributed by atoms with Crippen molar-refractivity contribution in [2.75, 3.05) is 38.2 Å². The highest BCUT2D eigenvalue weighted by molar-refractivity contribution is 5.87.